The predicted molar refractivity (Wildman–Crippen MR) is 239 cm³/mol. The Morgan fingerprint density at radius 1 is 0.534 bits per heavy atom. The van der Waals surface area contributed by atoms with Crippen molar-refractivity contribution in [3.05, 3.63) is 137 Å². The van der Waals surface area contributed by atoms with Gasteiger partial charge in [0.2, 0.25) is 0 Å². The molecule has 0 amide bonds. The summed E-state index contributed by atoms with van der Waals surface area (Å²) >= 11 is 0. The first-order chi connectivity index (χ1) is 27.7. The molecule has 0 radical (unpaired) electrons. The largest absolute Gasteiger partial charge is 0.454 e. The Balaban J connectivity index is 1.16. The Morgan fingerprint density at radius 2 is 1.10 bits per heavy atom. The highest BCUT2D eigenvalue weighted by atomic mass is 16.5. The van der Waals surface area contributed by atoms with Crippen molar-refractivity contribution < 1.29 is 4.74 Å². The molecule has 5 aromatic carbocycles. The van der Waals surface area contributed by atoms with Crippen LogP contribution in [0, 0.1) is 29.1 Å². The van der Waals surface area contributed by atoms with E-state index in [4.69, 9.17) is 4.74 Å². The fraction of sp³-hybridized carbons (Fsp3) is 0.464. The lowest BCUT2D eigenvalue weighted by atomic mass is 9.26. The molecule has 2 bridgehead atoms. The van der Waals surface area contributed by atoms with Gasteiger partial charge in [-0.15, -0.1) is 0 Å². The topological polar surface area (TPSA) is 12.5 Å². The molecule has 4 fully saturated rings. The summed E-state index contributed by atoms with van der Waals surface area (Å²) in [5.41, 5.74) is 16.1. The zero-order valence-electron chi connectivity index (χ0n) is 36.1. The van der Waals surface area contributed by atoms with E-state index >= 15 is 0 Å². The lowest BCUT2D eigenvalue weighted by Gasteiger charge is -2.77. The van der Waals surface area contributed by atoms with Gasteiger partial charge >= 0.3 is 0 Å². The number of fused-ring (bicyclic) bond motifs is 9. The molecule has 2 nitrogen and oxygen atoms in total. The van der Waals surface area contributed by atoms with E-state index in [9.17, 15) is 0 Å². The Kier molecular flexibility index (Phi) is 6.93. The third-order valence-corrected chi connectivity index (χ3v) is 18.1. The molecule has 2 heteroatoms. The van der Waals surface area contributed by atoms with Gasteiger partial charge in [0, 0.05) is 27.9 Å². The van der Waals surface area contributed by atoms with Gasteiger partial charge < -0.3 is 9.64 Å². The number of hydrogen-bond donors (Lipinski definition) is 0. The standard InChI is InChI=1S/C56H61NO/c1-51(2)24-26-53(5,6)43-31-37(18-21-40(43)51)57(38-19-22-41-44(32-38)54(7,8)27-25-52(41,3)4)45-23-20-39(35-14-10-9-11-15-35)49-50(45)58-46-17-13-12-16-42(46)56(49)47-29-34-28-36-30-48(56)55(36,47)33-34/h9-23,31-32,34,36,47-48H,24-30,33H2,1-8H3. The van der Waals surface area contributed by atoms with E-state index in [1.165, 1.54) is 113 Å². The second kappa shape index (κ2) is 11.3. The maximum absolute atomic E-state index is 7.55. The number of rotatable bonds is 4. The van der Waals surface area contributed by atoms with Gasteiger partial charge in [0.25, 0.3) is 0 Å². The van der Waals surface area contributed by atoms with Crippen molar-refractivity contribution in [1.29, 1.82) is 0 Å². The smallest absolute Gasteiger partial charge is 0.156 e. The van der Waals surface area contributed by atoms with Crippen LogP contribution in [0.3, 0.4) is 0 Å². The summed E-state index contributed by atoms with van der Waals surface area (Å²) in [7, 11) is 0. The quantitative estimate of drug-likeness (QED) is 0.181. The molecule has 296 valence electrons. The van der Waals surface area contributed by atoms with Crippen LogP contribution in [-0.2, 0) is 27.1 Å². The van der Waals surface area contributed by atoms with Crippen LogP contribution >= 0.6 is 0 Å². The monoisotopic (exact) mass is 763 g/mol. The van der Waals surface area contributed by atoms with Crippen LogP contribution in [-0.4, -0.2) is 0 Å². The fourth-order valence-corrected chi connectivity index (χ4v) is 15.1. The first-order valence-electron chi connectivity index (χ1n) is 22.8. The van der Waals surface area contributed by atoms with Gasteiger partial charge in [0.1, 0.15) is 5.75 Å². The second-order valence-corrected chi connectivity index (χ2v) is 22.7. The fourth-order valence-electron chi connectivity index (χ4n) is 15.1. The maximum Gasteiger partial charge on any atom is 0.156 e. The Bertz CT molecular complexity index is 2480. The van der Waals surface area contributed by atoms with Gasteiger partial charge in [-0.1, -0.05) is 122 Å². The number of hydrogen-bond acceptors (Lipinski definition) is 2. The maximum atomic E-state index is 7.55. The third-order valence-electron chi connectivity index (χ3n) is 18.1. The molecule has 5 aromatic rings. The van der Waals surface area contributed by atoms with Gasteiger partial charge in [-0.05, 0) is 172 Å². The highest BCUT2D eigenvalue weighted by Crippen LogP contribution is 2.90. The zero-order valence-corrected chi connectivity index (χ0v) is 36.1. The Morgan fingerprint density at radius 3 is 1.72 bits per heavy atom. The molecule has 2 spiro atoms. The summed E-state index contributed by atoms with van der Waals surface area (Å²) in [6, 6.07) is 40.4. The molecule has 12 rings (SSSR count). The molecule has 7 aliphatic rings. The van der Waals surface area contributed by atoms with E-state index in [1.54, 1.807) is 0 Å². The van der Waals surface area contributed by atoms with Crippen LogP contribution in [0.15, 0.2) is 103 Å². The molecule has 0 saturated heterocycles. The minimum atomic E-state index is -0.0492. The molecular weight excluding hydrogens is 703 g/mol. The van der Waals surface area contributed by atoms with Crippen LogP contribution < -0.4 is 9.64 Å². The van der Waals surface area contributed by atoms with E-state index in [2.05, 4.69) is 163 Å². The number of para-hydroxylation sites is 1. The van der Waals surface area contributed by atoms with E-state index in [-0.39, 0.29) is 27.1 Å². The summed E-state index contributed by atoms with van der Waals surface area (Å²) in [6.45, 7) is 19.6. The van der Waals surface area contributed by atoms with Gasteiger partial charge in [0.15, 0.2) is 5.75 Å². The molecule has 0 aromatic heterocycles. The van der Waals surface area contributed by atoms with Gasteiger partial charge in [-0.3, -0.25) is 0 Å². The second-order valence-electron chi connectivity index (χ2n) is 22.7. The van der Waals surface area contributed by atoms with Gasteiger partial charge in [0.05, 0.1) is 5.69 Å². The molecule has 6 atom stereocenters. The summed E-state index contributed by atoms with van der Waals surface area (Å²) in [4.78, 5) is 2.62. The molecule has 1 aliphatic heterocycles. The minimum Gasteiger partial charge on any atom is -0.454 e. The molecule has 6 unspecified atom stereocenters. The van der Waals surface area contributed by atoms with Gasteiger partial charge in [-0.2, -0.15) is 0 Å². The predicted octanol–water partition coefficient (Wildman–Crippen LogP) is 15.0. The van der Waals surface area contributed by atoms with Crippen LogP contribution in [0.25, 0.3) is 11.1 Å². The molecule has 58 heavy (non-hydrogen) atoms. The molecule has 6 aliphatic carbocycles. The minimum absolute atomic E-state index is 0.0492. The molecular formula is C56H61NO. The molecule has 4 saturated carbocycles. The van der Waals surface area contributed by atoms with Crippen molar-refractivity contribution in [1.82, 2.24) is 0 Å². The van der Waals surface area contributed by atoms with Crippen molar-refractivity contribution in [3.8, 4) is 22.6 Å². The Hall–Kier alpha value is -4.30. The summed E-state index contributed by atoms with van der Waals surface area (Å²) < 4.78 is 7.55. The van der Waals surface area contributed by atoms with Crippen molar-refractivity contribution in [3.63, 3.8) is 0 Å². The number of benzene rings is 5. The average Bonchev–Trinajstić information content (AvgIpc) is 3.74. The van der Waals surface area contributed by atoms with E-state index < -0.39 is 0 Å². The van der Waals surface area contributed by atoms with Crippen LogP contribution in [0.4, 0.5) is 17.1 Å². The highest BCUT2D eigenvalue weighted by molar-refractivity contribution is 5.89. The van der Waals surface area contributed by atoms with Crippen LogP contribution in [0.2, 0.25) is 0 Å². The summed E-state index contributed by atoms with van der Waals surface area (Å²) in [5, 5.41) is 0. The van der Waals surface area contributed by atoms with Crippen LogP contribution in [0.1, 0.15) is 140 Å². The Labute approximate surface area is 347 Å². The van der Waals surface area contributed by atoms with Crippen LogP contribution in [0.5, 0.6) is 11.5 Å². The van der Waals surface area contributed by atoms with Crippen molar-refractivity contribution >= 4 is 17.1 Å². The van der Waals surface area contributed by atoms with Gasteiger partial charge in [-0.25, -0.2) is 0 Å². The van der Waals surface area contributed by atoms with E-state index in [0.29, 0.717) is 17.3 Å². The van der Waals surface area contributed by atoms with Crippen molar-refractivity contribution in [2.24, 2.45) is 29.1 Å². The SMILES string of the molecule is CC1(C)CCC(C)(C)c2cc(N(c3ccc4c(c3)C(C)(C)CCC4(C)C)c3ccc(-c4ccccc4)c4c3Oc3ccccc3C43C4CC5CC6CC3C64C5)ccc21. The lowest BCUT2D eigenvalue weighted by molar-refractivity contribution is -0.234. The summed E-state index contributed by atoms with van der Waals surface area (Å²) in [6.07, 6.45) is 10.4. The molecule has 1 heterocycles. The number of nitrogens with zero attached hydrogens (tertiary/aromatic N) is 1. The average molecular weight is 764 g/mol. The van der Waals surface area contributed by atoms with E-state index in [1.807, 2.05) is 0 Å². The zero-order chi connectivity index (χ0) is 39.8. The lowest BCUT2D eigenvalue weighted by Crippen LogP contribution is -2.74. The summed E-state index contributed by atoms with van der Waals surface area (Å²) in [5.74, 6) is 5.27. The number of anilines is 3. The molecule has 0 N–H and O–H groups in total. The first kappa shape index (κ1) is 35.6. The number of ether oxygens (including phenoxy) is 1. The normalized spacial score (nSPS) is 31.4. The van der Waals surface area contributed by atoms with Crippen molar-refractivity contribution in [2.75, 3.05) is 4.90 Å². The van der Waals surface area contributed by atoms with Crippen molar-refractivity contribution in [2.45, 2.75) is 134 Å². The third kappa shape index (κ3) is 4.35. The van der Waals surface area contributed by atoms with E-state index in [0.717, 1.165) is 23.3 Å². The highest BCUT2D eigenvalue weighted by Gasteiger charge is 2.84. The first-order valence-corrected chi connectivity index (χ1v) is 22.8.